The normalized spacial score (nSPS) is 28.1. The number of ether oxygens (including phenoxy) is 3. The Morgan fingerprint density at radius 3 is 1.62 bits per heavy atom. The second kappa shape index (κ2) is 33.7. The highest BCUT2D eigenvalue weighted by atomic mass is 16.5. The lowest BCUT2D eigenvalue weighted by atomic mass is 9.79. The molecule has 0 aromatic rings. The van der Waals surface area contributed by atoms with Crippen LogP contribution < -0.4 is 0 Å². The van der Waals surface area contributed by atoms with Gasteiger partial charge in [0.2, 0.25) is 0 Å². The van der Waals surface area contributed by atoms with Gasteiger partial charge in [-0.2, -0.15) is 0 Å². The molecule has 5 unspecified atom stereocenters. The first-order valence-electron chi connectivity index (χ1n) is 24.8. The van der Waals surface area contributed by atoms with Crippen molar-refractivity contribution < 1.29 is 23.8 Å². The summed E-state index contributed by atoms with van der Waals surface area (Å²) in [4.78, 5) is 27.9. The Morgan fingerprint density at radius 2 is 1.07 bits per heavy atom. The largest absolute Gasteiger partial charge is 0.466 e. The molecule has 2 rings (SSSR count). The van der Waals surface area contributed by atoms with Crippen LogP contribution >= 0.6 is 0 Å². The minimum absolute atomic E-state index is 0.0144. The number of rotatable bonds is 7. The summed E-state index contributed by atoms with van der Waals surface area (Å²) in [6, 6.07) is 0. The third-order valence-corrected chi connectivity index (χ3v) is 13.8. The molecule has 2 aliphatic rings. The number of esters is 2. The molecule has 56 heavy (non-hydrogen) atoms. The summed E-state index contributed by atoms with van der Waals surface area (Å²) in [5.74, 6) is 4.13. The third-order valence-electron chi connectivity index (χ3n) is 13.8. The van der Waals surface area contributed by atoms with Crippen LogP contribution in [0.3, 0.4) is 0 Å². The standard InChI is InChI=1S/C50H95NO5/c1-42(2)46-32-30-44(5)45(6)31-33-47(43(3)4)35-41-55-49(52)28-21-16-12-9-11-15-20-27-48(56-50(53)29-25-38-51-36-22-18-23-37-51)26-19-14-10-7-8-13-17-24-39-54-40-34-46/h42-48H,7-41H2,1-6H3. The first kappa shape index (κ1) is 51.0. The average molecular weight is 790 g/mol. The number of carbonyl (C=O) groups is 2. The van der Waals surface area contributed by atoms with Crippen LogP contribution in [0.4, 0.5) is 0 Å². The first-order valence-corrected chi connectivity index (χ1v) is 24.8. The van der Waals surface area contributed by atoms with Gasteiger partial charge in [0.25, 0.3) is 0 Å². The van der Waals surface area contributed by atoms with Crippen molar-refractivity contribution in [1.82, 2.24) is 4.90 Å². The molecule has 5 atom stereocenters. The van der Waals surface area contributed by atoms with Crippen LogP contribution in [0, 0.1) is 35.5 Å². The zero-order valence-corrected chi connectivity index (χ0v) is 38.3. The van der Waals surface area contributed by atoms with Crippen molar-refractivity contribution in [3.8, 4) is 0 Å². The molecule has 0 N–H and O–H groups in total. The molecule has 6 nitrogen and oxygen atoms in total. The van der Waals surface area contributed by atoms with E-state index in [-0.39, 0.29) is 18.0 Å². The summed E-state index contributed by atoms with van der Waals surface area (Å²) in [5.41, 5.74) is 0. The molecule has 0 aromatic heterocycles. The maximum atomic E-state index is 12.9. The van der Waals surface area contributed by atoms with Gasteiger partial charge in [0, 0.05) is 26.1 Å². The van der Waals surface area contributed by atoms with Gasteiger partial charge in [0.1, 0.15) is 6.10 Å². The number of hydrogen-bond donors (Lipinski definition) is 0. The minimum Gasteiger partial charge on any atom is -0.466 e. The highest BCUT2D eigenvalue weighted by Gasteiger charge is 2.21. The lowest BCUT2D eigenvalue weighted by Crippen LogP contribution is -2.31. The number of carbonyl (C=O) groups excluding carboxylic acids is 2. The zero-order valence-electron chi connectivity index (χ0n) is 38.3. The van der Waals surface area contributed by atoms with Crippen LogP contribution in [0.1, 0.15) is 228 Å². The minimum atomic E-state index is -0.0144. The summed E-state index contributed by atoms with van der Waals surface area (Å²) >= 11 is 0. The molecular formula is C50H95NO5. The molecule has 0 radical (unpaired) electrons. The van der Waals surface area contributed by atoms with Crippen molar-refractivity contribution in [3.05, 3.63) is 0 Å². The van der Waals surface area contributed by atoms with Crippen LogP contribution in [-0.4, -0.2) is 62.4 Å². The first-order chi connectivity index (χ1) is 27.2. The lowest BCUT2D eigenvalue weighted by molar-refractivity contribution is -0.150. The van der Waals surface area contributed by atoms with E-state index in [1.54, 1.807) is 0 Å². The molecule has 2 aliphatic heterocycles. The Kier molecular flexibility index (Phi) is 30.7. The van der Waals surface area contributed by atoms with Crippen LogP contribution in [0.25, 0.3) is 0 Å². The predicted octanol–water partition coefficient (Wildman–Crippen LogP) is 13.9. The molecule has 2 heterocycles. The van der Waals surface area contributed by atoms with E-state index in [0.717, 1.165) is 88.9 Å². The van der Waals surface area contributed by atoms with Gasteiger partial charge in [-0.1, -0.05) is 131 Å². The fourth-order valence-electron chi connectivity index (χ4n) is 9.18. The summed E-state index contributed by atoms with van der Waals surface area (Å²) in [7, 11) is 0. The van der Waals surface area contributed by atoms with Crippen molar-refractivity contribution >= 4 is 11.9 Å². The summed E-state index contributed by atoms with van der Waals surface area (Å²) in [6.45, 7) is 20.2. The van der Waals surface area contributed by atoms with Crippen LogP contribution in [-0.2, 0) is 23.8 Å². The molecule has 0 saturated carbocycles. The molecule has 2 saturated heterocycles. The smallest absolute Gasteiger partial charge is 0.306 e. The Morgan fingerprint density at radius 1 is 0.589 bits per heavy atom. The quantitative estimate of drug-likeness (QED) is 0.239. The fraction of sp³-hybridized carbons (Fsp3) is 0.960. The molecular weight excluding hydrogens is 695 g/mol. The maximum absolute atomic E-state index is 12.9. The van der Waals surface area contributed by atoms with Crippen molar-refractivity contribution in [2.45, 2.75) is 234 Å². The number of nitrogens with zero attached hydrogens (tertiary/aromatic N) is 1. The molecule has 0 aliphatic carbocycles. The van der Waals surface area contributed by atoms with E-state index in [2.05, 4.69) is 46.4 Å². The summed E-state index contributed by atoms with van der Waals surface area (Å²) in [6.07, 6.45) is 33.4. The zero-order chi connectivity index (χ0) is 40.6. The van der Waals surface area contributed by atoms with Gasteiger partial charge in [0.15, 0.2) is 0 Å². The van der Waals surface area contributed by atoms with Crippen LogP contribution in [0.15, 0.2) is 0 Å². The summed E-state index contributed by atoms with van der Waals surface area (Å²) in [5, 5.41) is 0. The van der Waals surface area contributed by atoms with E-state index in [0.29, 0.717) is 37.2 Å². The molecule has 330 valence electrons. The van der Waals surface area contributed by atoms with Crippen molar-refractivity contribution in [1.29, 1.82) is 0 Å². The second-order valence-electron chi connectivity index (χ2n) is 19.3. The van der Waals surface area contributed by atoms with Crippen molar-refractivity contribution in [3.63, 3.8) is 0 Å². The fourth-order valence-corrected chi connectivity index (χ4v) is 9.18. The highest BCUT2D eigenvalue weighted by Crippen LogP contribution is 2.31. The average Bonchev–Trinajstić information content (AvgIpc) is 3.17. The second-order valence-corrected chi connectivity index (χ2v) is 19.3. The Labute approximate surface area is 348 Å². The van der Waals surface area contributed by atoms with Gasteiger partial charge in [-0.3, -0.25) is 9.59 Å². The van der Waals surface area contributed by atoms with Gasteiger partial charge < -0.3 is 19.1 Å². The predicted molar refractivity (Wildman–Crippen MR) is 237 cm³/mol. The molecule has 0 bridgehead atoms. The monoisotopic (exact) mass is 790 g/mol. The Hall–Kier alpha value is -1.14. The van der Waals surface area contributed by atoms with E-state index in [1.807, 2.05) is 0 Å². The molecule has 0 amide bonds. The number of piperidine rings is 1. The summed E-state index contributed by atoms with van der Waals surface area (Å²) < 4.78 is 18.0. The van der Waals surface area contributed by atoms with Crippen LogP contribution in [0.2, 0.25) is 0 Å². The number of cyclic esters (lactones) is 1. The third kappa shape index (κ3) is 26.8. The van der Waals surface area contributed by atoms with Gasteiger partial charge in [-0.05, 0) is 139 Å². The van der Waals surface area contributed by atoms with E-state index in [1.165, 1.54) is 135 Å². The van der Waals surface area contributed by atoms with Gasteiger partial charge >= 0.3 is 11.9 Å². The van der Waals surface area contributed by atoms with E-state index >= 15 is 0 Å². The molecule has 2 fully saturated rings. The Balaban J connectivity index is 1.81. The van der Waals surface area contributed by atoms with Gasteiger partial charge in [-0.25, -0.2) is 0 Å². The Bertz CT molecular complexity index is 932. The topological polar surface area (TPSA) is 65.1 Å². The maximum Gasteiger partial charge on any atom is 0.306 e. The molecule has 0 spiro atoms. The van der Waals surface area contributed by atoms with E-state index < -0.39 is 0 Å². The van der Waals surface area contributed by atoms with Crippen molar-refractivity contribution in [2.24, 2.45) is 35.5 Å². The van der Waals surface area contributed by atoms with E-state index in [9.17, 15) is 9.59 Å². The lowest BCUT2D eigenvalue weighted by Gasteiger charge is -2.27. The van der Waals surface area contributed by atoms with Gasteiger partial charge in [-0.15, -0.1) is 0 Å². The molecule has 0 aromatic carbocycles. The van der Waals surface area contributed by atoms with Gasteiger partial charge in [0.05, 0.1) is 6.61 Å². The van der Waals surface area contributed by atoms with E-state index in [4.69, 9.17) is 14.2 Å². The van der Waals surface area contributed by atoms with Crippen LogP contribution in [0.5, 0.6) is 0 Å². The number of likely N-dealkylation sites (tertiary alicyclic amines) is 1. The highest BCUT2D eigenvalue weighted by molar-refractivity contribution is 5.69. The van der Waals surface area contributed by atoms with Crippen molar-refractivity contribution in [2.75, 3.05) is 39.5 Å². The SMILES string of the molecule is CC(C)C1CCOCCCCCCCCCCC(OC(=O)CCCN2CCCCC2)CCCCCCCCCC(=O)OCCC(C(C)C)CCC(C)C(C)CC1. The molecule has 6 heteroatoms. The number of hydrogen-bond acceptors (Lipinski definition) is 6.